The molecule has 0 spiro atoms. The van der Waals surface area contributed by atoms with Gasteiger partial charge >= 0.3 is 0 Å². The number of nitrogens with one attached hydrogen (secondary N) is 1. The average Bonchev–Trinajstić information content (AvgIpc) is 3.13. The summed E-state index contributed by atoms with van der Waals surface area (Å²) in [5.74, 6) is 0. The van der Waals surface area contributed by atoms with Gasteiger partial charge in [-0.1, -0.05) is 34.8 Å². The van der Waals surface area contributed by atoms with Crippen LogP contribution in [0.3, 0.4) is 0 Å². The van der Waals surface area contributed by atoms with E-state index in [1.807, 2.05) is 6.92 Å². The minimum Gasteiger partial charge on any atom is -0.379 e. The van der Waals surface area contributed by atoms with Gasteiger partial charge in [0.15, 0.2) is 0 Å². The highest BCUT2D eigenvalue weighted by molar-refractivity contribution is 6.41. The van der Waals surface area contributed by atoms with Gasteiger partial charge in [-0.3, -0.25) is 4.79 Å². The fraction of sp³-hybridized carbons (Fsp3) is 0.412. The first-order valence-corrected chi connectivity index (χ1v) is 9.28. The predicted octanol–water partition coefficient (Wildman–Crippen LogP) is 3.80. The monoisotopic (exact) mass is 417 g/mol. The Bertz CT molecular complexity index is 838. The molecule has 1 aromatic heterocycles. The molecular formula is C17H18Cl3N3O3. The Hall–Kier alpha value is -1.31. The van der Waals surface area contributed by atoms with Crippen molar-refractivity contribution in [3.05, 3.63) is 49.8 Å². The highest BCUT2D eigenvalue weighted by Gasteiger charge is 2.17. The normalized spacial score (nSPS) is 18.1. The maximum absolute atomic E-state index is 12.2. The van der Waals surface area contributed by atoms with Crippen LogP contribution in [0.5, 0.6) is 0 Å². The highest BCUT2D eigenvalue weighted by Crippen LogP contribution is 2.25. The number of ether oxygens (including phenoxy) is 2. The van der Waals surface area contributed by atoms with Crippen LogP contribution >= 0.6 is 34.8 Å². The van der Waals surface area contributed by atoms with E-state index in [1.54, 1.807) is 18.2 Å². The van der Waals surface area contributed by atoms with Gasteiger partial charge in [-0.05, 0) is 31.5 Å². The largest absolute Gasteiger partial charge is 0.379 e. The van der Waals surface area contributed by atoms with Crippen molar-refractivity contribution in [3.8, 4) is 5.69 Å². The van der Waals surface area contributed by atoms with Crippen molar-refractivity contribution < 1.29 is 9.47 Å². The third-order valence-electron chi connectivity index (χ3n) is 3.95. The lowest BCUT2D eigenvalue weighted by atomic mass is 10.2. The van der Waals surface area contributed by atoms with E-state index in [0.29, 0.717) is 23.9 Å². The molecular weight excluding hydrogens is 401 g/mol. The van der Waals surface area contributed by atoms with Crippen LogP contribution in [0, 0.1) is 0 Å². The minimum absolute atomic E-state index is 0.0600. The maximum Gasteiger partial charge on any atom is 0.291 e. The molecule has 2 heterocycles. The van der Waals surface area contributed by atoms with E-state index < -0.39 is 5.56 Å². The van der Waals surface area contributed by atoms with E-state index in [9.17, 15) is 4.79 Å². The van der Waals surface area contributed by atoms with Crippen LogP contribution < -0.4 is 10.9 Å². The number of hydrogen-bond acceptors (Lipinski definition) is 5. The summed E-state index contributed by atoms with van der Waals surface area (Å²) in [5, 5.41) is 7.77. The quantitative estimate of drug-likeness (QED) is 0.773. The molecule has 1 fully saturated rings. The Morgan fingerprint density at radius 2 is 2.19 bits per heavy atom. The molecule has 26 heavy (non-hydrogen) atoms. The molecule has 1 saturated heterocycles. The van der Waals surface area contributed by atoms with Gasteiger partial charge in [-0.2, -0.15) is 9.78 Å². The van der Waals surface area contributed by atoms with Crippen molar-refractivity contribution in [2.24, 2.45) is 0 Å². The summed E-state index contributed by atoms with van der Waals surface area (Å²) < 4.78 is 12.2. The molecule has 0 radical (unpaired) electrons. The Labute approximate surface area is 166 Å². The molecule has 0 aliphatic carbocycles. The number of hydrogen-bond donors (Lipinski definition) is 1. The molecule has 0 saturated carbocycles. The summed E-state index contributed by atoms with van der Waals surface area (Å²) in [6.45, 7) is 3.94. The smallest absolute Gasteiger partial charge is 0.291 e. The number of benzene rings is 1. The molecule has 9 heteroatoms. The Balaban J connectivity index is 1.69. The molecule has 1 aliphatic rings. The molecule has 2 unspecified atom stereocenters. The van der Waals surface area contributed by atoms with Crippen LogP contribution in [0.25, 0.3) is 5.69 Å². The van der Waals surface area contributed by atoms with Gasteiger partial charge in [0.05, 0.1) is 46.9 Å². The number of halogens is 3. The molecule has 3 rings (SSSR count). The Morgan fingerprint density at radius 1 is 1.38 bits per heavy atom. The average molecular weight is 419 g/mol. The molecule has 1 aromatic carbocycles. The molecule has 1 aliphatic heterocycles. The molecule has 0 bridgehead atoms. The van der Waals surface area contributed by atoms with Crippen molar-refractivity contribution in [2.45, 2.75) is 25.5 Å². The summed E-state index contributed by atoms with van der Waals surface area (Å²) in [4.78, 5) is 12.2. The zero-order chi connectivity index (χ0) is 18.7. The molecule has 6 nitrogen and oxygen atoms in total. The third kappa shape index (κ3) is 4.50. The number of anilines is 1. The fourth-order valence-electron chi connectivity index (χ4n) is 2.58. The summed E-state index contributed by atoms with van der Waals surface area (Å²) in [6, 6.07) is 5.21. The summed E-state index contributed by atoms with van der Waals surface area (Å²) in [7, 11) is 0. The standard InChI is InChI=1S/C17H18Cl3N3O3/c1-10(8-26-12-4-5-25-9-12)22-15-3-2-11(6-13(15)18)23-17(24)16(20)14(19)7-21-23/h2-3,6-7,10,12,22H,4-5,8-9H2,1H3. The second-order valence-electron chi connectivity index (χ2n) is 6.05. The second kappa shape index (κ2) is 8.59. The first-order valence-electron chi connectivity index (χ1n) is 8.15. The van der Waals surface area contributed by atoms with E-state index in [2.05, 4.69) is 10.4 Å². The first-order chi connectivity index (χ1) is 12.5. The van der Waals surface area contributed by atoms with E-state index in [-0.39, 0.29) is 22.2 Å². The van der Waals surface area contributed by atoms with Crippen LogP contribution in [-0.4, -0.2) is 41.7 Å². The van der Waals surface area contributed by atoms with Crippen LogP contribution in [0.1, 0.15) is 13.3 Å². The van der Waals surface area contributed by atoms with Gasteiger partial charge in [0.25, 0.3) is 5.56 Å². The van der Waals surface area contributed by atoms with Gasteiger partial charge < -0.3 is 14.8 Å². The van der Waals surface area contributed by atoms with Crippen molar-refractivity contribution in [1.82, 2.24) is 9.78 Å². The molecule has 1 N–H and O–H groups in total. The highest BCUT2D eigenvalue weighted by atomic mass is 35.5. The van der Waals surface area contributed by atoms with E-state index in [0.717, 1.165) is 23.4 Å². The van der Waals surface area contributed by atoms with E-state index in [1.165, 1.54) is 6.20 Å². The van der Waals surface area contributed by atoms with Crippen LogP contribution in [0.4, 0.5) is 5.69 Å². The summed E-state index contributed by atoms with van der Waals surface area (Å²) in [6.07, 6.45) is 2.40. The zero-order valence-electron chi connectivity index (χ0n) is 14.0. The molecule has 140 valence electrons. The SMILES string of the molecule is CC(COC1CCOC1)Nc1ccc(-n2ncc(Cl)c(Cl)c2=O)cc1Cl. The number of aromatic nitrogens is 2. The Morgan fingerprint density at radius 3 is 2.88 bits per heavy atom. The van der Waals surface area contributed by atoms with Crippen molar-refractivity contribution in [2.75, 3.05) is 25.1 Å². The van der Waals surface area contributed by atoms with Crippen molar-refractivity contribution >= 4 is 40.5 Å². The van der Waals surface area contributed by atoms with Crippen LogP contribution in [0.2, 0.25) is 15.1 Å². The minimum atomic E-state index is -0.503. The summed E-state index contributed by atoms with van der Waals surface area (Å²) >= 11 is 18.0. The Kier molecular flexibility index (Phi) is 6.42. The van der Waals surface area contributed by atoms with Crippen LogP contribution in [-0.2, 0) is 9.47 Å². The first kappa shape index (κ1) is 19.5. The predicted molar refractivity (Wildman–Crippen MR) is 103 cm³/mol. The molecule has 2 atom stereocenters. The van der Waals surface area contributed by atoms with E-state index in [4.69, 9.17) is 44.3 Å². The number of nitrogens with zero attached hydrogens (tertiary/aromatic N) is 2. The van der Waals surface area contributed by atoms with E-state index >= 15 is 0 Å². The topological polar surface area (TPSA) is 65.4 Å². The maximum atomic E-state index is 12.2. The van der Waals surface area contributed by atoms with Crippen molar-refractivity contribution in [1.29, 1.82) is 0 Å². The summed E-state index contributed by atoms with van der Waals surface area (Å²) in [5.41, 5.74) is 0.731. The van der Waals surface area contributed by atoms with Gasteiger partial charge in [0.1, 0.15) is 5.02 Å². The lowest BCUT2D eigenvalue weighted by Crippen LogP contribution is -2.26. The molecule has 2 aromatic rings. The lowest BCUT2D eigenvalue weighted by Gasteiger charge is -2.19. The van der Waals surface area contributed by atoms with Gasteiger partial charge in [0.2, 0.25) is 0 Å². The zero-order valence-corrected chi connectivity index (χ0v) is 16.3. The second-order valence-corrected chi connectivity index (χ2v) is 7.24. The third-order valence-corrected chi connectivity index (χ3v) is 5.01. The fourth-order valence-corrected chi connectivity index (χ4v) is 3.06. The lowest BCUT2D eigenvalue weighted by molar-refractivity contribution is 0.0395. The molecule has 0 amide bonds. The van der Waals surface area contributed by atoms with Gasteiger partial charge in [-0.15, -0.1) is 0 Å². The number of rotatable bonds is 6. The van der Waals surface area contributed by atoms with Crippen molar-refractivity contribution in [3.63, 3.8) is 0 Å². The van der Waals surface area contributed by atoms with Gasteiger partial charge in [-0.25, -0.2) is 0 Å². The van der Waals surface area contributed by atoms with Crippen LogP contribution in [0.15, 0.2) is 29.2 Å². The van der Waals surface area contributed by atoms with Gasteiger partial charge in [0, 0.05) is 12.6 Å².